The third-order valence-corrected chi connectivity index (χ3v) is 6.09. The van der Waals surface area contributed by atoms with Gasteiger partial charge in [-0.1, -0.05) is 11.8 Å². The Morgan fingerprint density at radius 2 is 2.17 bits per heavy atom. The second-order valence-electron chi connectivity index (χ2n) is 8.19. The molecule has 1 aliphatic heterocycles. The molecule has 1 aliphatic carbocycles. The lowest BCUT2D eigenvalue weighted by Gasteiger charge is -2.36. The second kappa shape index (κ2) is 7.91. The Morgan fingerprint density at radius 3 is 2.79 bits per heavy atom. The van der Waals surface area contributed by atoms with Crippen LogP contribution in [0.5, 0.6) is 0 Å². The van der Waals surface area contributed by atoms with Crippen molar-refractivity contribution in [3.05, 3.63) is 39.7 Å². The van der Waals surface area contributed by atoms with E-state index in [1.165, 1.54) is 17.8 Å². The van der Waals surface area contributed by atoms with Gasteiger partial charge in [0.2, 0.25) is 0 Å². The smallest absolute Gasteiger partial charge is 0.413 e. The maximum Gasteiger partial charge on any atom is 0.413 e. The van der Waals surface area contributed by atoms with Gasteiger partial charge in [0.1, 0.15) is 11.4 Å². The molecule has 10 heteroatoms. The number of methoxy groups -OCH3 is 1. The molecule has 158 valence electrons. The van der Waals surface area contributed by atoms with E-state index in [0.717, 1.165) is 12.1 Å². The van der Waals surface area contributed by atoms with Gasteiger partial charge in [-0.25, -0.2) is 9.18 Å². The number of amidine groups is 1. The summed E-state index contributed by atoms with van der Waals surface area (Å²) in [6.07, 6.45) is 0.197. The third kappa shape index (κ3) is 4.53. The van der Waals surface area contributed by atoms with Crippen LogP contribution in [0, 0.1) is 21.8 Å². The minimum Gasteiger partial charge on any atom is -0.444 e. The van der Waals surface area contributed by atoms with E-state index < -0.39 is 28.0 Å². The molecule has 1 heterocycles. The average Bonchev–Trinajstić information content (AvgIpc) is 2.99. The summed E-state index contributed by atoms with van der Waals surface area (Å²) >= 11 is 1.34. The first kappa shape index (κ1) is 21.5. The van der Waals surface area contributed by atoms with Gasteiger partial charge in [0, 0.05) is 42.9 Å². The lowest BCUT2D eigenvalue weighted by atomic mass is 9.81. The Labute approximate surface area is 172 Å². The summed E-state index contributed by atoms with van der Waals surface area (Å²) in [6, 6.07) is 3.47. The van der Waals surface area contributed by atoms with Gasteiger partial charge in [-0.15, -0.1) is 0 Å². The van der Waals surface area contributed by atoms with E-state index in [1.54, 1.807) is 27.9 Å². The number of fused-ring (bicyclic) bond motifs is 1. The molecular weight excluding hydrogens is 401 g/mol. The number of alkyl carbamates (subject to hydrolysis) is 1. The van der Waals surface area contributed by atoms with Crippen molar-refractivity contribution in [2.75, 3.05) is 12.9 Å². The maximum atomic E-state index is 14.8. The zero-order chi connectivity index (χ0) is 21.4. The zero-order valence-electron chi connectivity index (χ0n) is 16.7. The number of nitro groups is 1. The molecule has 0 aromatic heterocycles. The van der Waals surface area contributed by atoms with Gasteiger partial charge in [0.15, 0.2) is 5.17 Å². The number of thioether (sulfide) groups is 1. The first-order valence-electron chi connectivity index (χ1n) is 9.24. The van der Waals surface area contributed by atoms with Crippen molar-refractivity contribution in [3.63, 3.8) is 0 Å². The van der Waals surface area contributed by atoms with Crippen LogP contribution in [-0.4, -0.2) is 40.8 Å². The molecule has 2 aliphatic rings. The SMILES string of the molecule is CO[C@@H]1C[C@H]2CSC(NC(=O)OC(C)(C)C)=N[C@@]2(c2cc([N+](=O)[O-])ccc2F)C1. The van der Waals surface area contributed by atoms with Gasteiger partial charge >= 0.3 is 6.09 Å². The molecule has 8 nitrogen and oxygen atoms in total. The summed E-state index contributed by atoms with van der Waals surface area (Å²) in [4.78, 5) is 27.6. The Kier molecular flexibility index (Phi) is 5.86. The number of nitrogens with zero attached hydrogens (tertiary/aromatic N) is 2. The molecule has 1 aromatic rings. The second-order valence-corrected chi connectivity index (χ2v) is 9.20. The van der Waals surface area contributed by atoms with Crippen molar-refractivity contribution >= 4 is 28.7 Å². The first-order valence-corrected chi connectivity index (χ1v) is 10.2. The fraction of sp³-hybridized carbons (Fsp3) is 0.579. The highest BCUT2D eigenvalue weighted by atomic mass is 32.2. The molecule has 29 heavy (non-hydrogen) atoms. The number of non-ortho nitro benzene ring substituents is 1. The minimum absolute atomic E-state index is 0.0851. The van der Waals surface area contributed by atoms with E-state index in [9.17, 15) is 19.3 Å². The Bertz CT molecular complexity index is 857. The topological polar surface area (TPSA) is 103 Å². The predicted octanol–water partition coefficient (Wildman–Crippen LogP) is 3.98. The molecule has 1 aromatic carbocycles. The number of benzene rings is 1. The minimum atomic E-state index is -1.05. The van der Waals surface area contributed by atoms with Crippen molar-refractivity contribution in [1.29, 1.82) is 0 Å². The van der Waals surface area contributed by atoms with Crippen molar-refractivity contribution < 1.29 is 23.6 Å². The Morgan fingerprint density at radius 1 is 1.45 bits per heavy atom. The number of nitro benzene ring substituents is 1. The summed E-state index contributed by atoms with van der Waals surface area (Å²) in [7, 11) is 1.58. The van der Waals surface area contributed by atoms with Gasteiger partial charge < -0.3 is 9.47 Å². The summed E-state index contributed by atoms with van der Waals surface area (Å²) in [5, 5.41) is 14.2. The number of hydrogen-bond donors (Lipinski definition) is 1. The first-order chi connectivity index (χ1) is 13.5. The molecule has 3 atom stereocenters. The summed E-state index contributed by atoms with van der Waals surface area (Å²) in [6.45, 7) is 5.25. The van der Waals surface area contributed by atoms with Crippen LogP contribution in [0.1, 0.15) is 39.2 Å². The molecule has 0 bridgehead atoms. The molecule has 1 N–H and O–H groups in total. The fourth-order valence-electron chi connectivity index (χ4n) is 3.83. The highest BCUT2D eigenvalue weighted by molar-refractivity contribution is 8.13. The summed E-state index contributed by atoms with van der Waals surface area (Å²) in [5.41, 5.74) is -1.78. The van der Waals surface area contributed by atoms with Crippen LogP contribution >= 0.6 is 11.8 Å². The summed E-state index contributed by atoms with van der Waals surface area (Å²) in [5.74, 6) is -0.0841. The number of ether oxygens (including phenoxy) is 2. The highest BCUT2D eigenvalue weighted by Gasteiger charge is 2.52. The highest BCUT2D eigenvalue weighted by Crippen LogP contribution is 2.52. The third-order valence-electron chi connectivity index (χ3n) is 5.05. The number of nitrogens with one attached hydrogen (secondary N) is 1. The number of halogens is 1. The van der Waals surface area contributed by atoms with Crippen molar-refractivity contribution in [2.24, 2.45) is 10.9 Å². The van der Waals surface area contributed by atoms with Crippen LogP contribution in [0.2, 0.25) is 0 Å². The Balaban J connectivity index is 2.02. The van der Waals surface area contributed by atoms with E-state index in [2.05, 4.69) is 5.32 Å². The number of hydrogen-bond acceptors (Lipinski definition) is 7. The Hall–Kier alpha value is -2.20. The molecule has 1 saturated carbocycles. The number of rotatable bonds is 3. The monoisotopic (exact) mass is 425 g/mol. The van der Waals surface area contributed by atoms with Crippen molar-refractivity contribution in [2.45, 2.75) is 50.9 Å². The fourth-order valence-corrected chi connectivity index (χ4v) is 4.98. The van der Waals surface area contributed by atoms with Gasteiger partial charge in [-0.05, 0) is 33.3 Å². The van der Waals surface area contributed by atoms with Gasteiger partial charge in [-0.3, -0.25) is 20.4 Å². The largest absolute Gasteiger partial charge is 0.444 e. The van der Waals surface area contributed by atoms with Crippen molar-refractivity contribution in [1.82, 2.24) is 5.32 Å². The lowest BCUT2D eigenvalue weighted by Crippen LogP contribution is -2.42. The standard InChI is InChI=1S/C19H24FN3O5S/c1-18(2,3)28-17(24)21-16-22-19(9-13(27-4)7-11(19)10-29-16)14-8-12(23(25)26)5-6-15(14)20/h5-6,8,11,13H,7,9-10H2,1-4H3,(H,21,22,24)/t11-,13+,19-/m0/s1. The van der Waals surface area contributed by atoms with Crippen LogP contribution in [0.25, 0.3) is 0 Å². The average molecular weight is 425 g/mol. The number of amides is 1. The van der Waals surface area contributed by atoms with Gasteiger partial charge in [0.05, 0.1) is 16.6 Å². The van der Waals surface area contributed by atoms with Gasteiger partial charge in [0.25, 0.3) is 5.69 Å². The predicted molar refractivity (Wildman–Crippen MR) is 108 cm³/mol. The number of carbonyl (C=O) groups excluding carboxylic acids is 1. The van der Waals surface area contributed by atoms with E-state index in [1.807, 2.05) is 0 Å². The molecule has 0 spiro atoms. The zero-order valence-corrected chi connectivity index (χ0v) is 17.5. The van der Waals surface area contributed by atoms with E-state index >= 15 is 0 Å². The molecule has 0 radical (unpaired) electrons. The normalized spacial score (nSPS) is 26.4. The molecule has 0 unspecified atom stereocenters. The maximum absolute atomic E-state index is 14.8. The van der Waals surface area contributed by atoms with Crippen LogP contribution in [-0.2, 0) is 15.0 Å². The molecular formula is C19H24FN3O5S. The molecule has 3 rings (SSSR count). The lowest BCUT2D eigenvalue weighted by molar-refractivity contribution is -0.385. The van der Waals surface area contributed by atoms with Crippen LogP contribution in [0.4, 0.5) is 14.9 Å². The molecule has 1 amide bonds. The van der Waals surface area contributed by atoms with Crippen LogP contribution in [0.3, 0.4) is 0 Å². The summed E-state index contributed by atoms with van der Waals surface area (Å²) < 4.78 is 25.6. The molecule has 0 saturated heterocycles. The van der Waals surface area contributed by atoms with Crippen LogP contribution < -0.4 is 5.32 Å². The van der Waals surface area contributed by atoms with Crippen molar-refractivity contribution in [3.8, 4) is 0 Å². The van der Waals surface area contributed by atoms with Crippen LogP contribution in [0.15, 0.2) is 23.2 Å². The van der Waals surface area contributed by atoms with E-state index in [4.69, 9.17) is 14.5 Å². The quantitative estimate of drug-likeness (QED) is 0.580. The number of aliphatic imine (C=N–C) groups is 1. The van der Waals surface area contributed by atoms with Gasteiger partial charge in [-0.2, -0.15) is 0 Å². The number of carbonyl (C=O) groups is 1. The molecule has 1 fully saturated rings. The van der Waals surface area contributed by atoms with E-state index in [0.29, 0.717) is 23.8 Å². The van der Waals surface area contributed by atoms with E-state index in [-0.39, 0.29) is 23.3 Å².